The summed E-state index contributed by atoms with van der Waals surface area (Å²) in [6.07, 6.45) is 5.08. The molecule has 0 amide bonds. The first kappa shape index (κ1) is 16.8. The van der Waals surface area contributed by atoms with Crippen LogP contribution in [0.15, 0.2) is 28.6 Å². The van der Waals surface area contributed by atoms with E-state index in [0.717, 1.165) is 29.5 Å². The van der Waals surface area contributed by atoms with Gasteiger partial charge in [0.1, 0.15) is 12.2 Å². The zero-order chi connectivity index (χ0) is 17.3. The molecule has 3 rings (SSSR count). The average molecular weight is 334 g/mol. The van der Waals surface area contributed by atoms with E-state index in [0.29, 0.717) is 6.42 Å². The molecule has 24 heavy (non-hydrogen) atoms. The number of aliphatic hydroxyl groups is 1. The van der Waals surface area contributed by atoms with Crippen molar-refractivity contribution in [2.75, 3.05) is 0 Å². The molecule has 6 heteroatoms. The second kappa shape index (κ2) is 6.81. The third kappa shape index (κ3) is 3.24. The fourth-order valence-corrected chi connectivity index (χ4v) is 3.64. The van der Waals surface area contributed by atoms with Crippen molar-refractivity contribution in [1.82, 2.24) is 0 Å². The highest BCUT2D eigenvalue weighted by atomic mass is 16.6. The average Bonchev–Trinajstić information content (AvgIpc) is 3.10. The summed E-state index contributed by atoms with van der Waals surface area (Å²) >= 11 is 0. The van der Waals surface area contributed by atoms with Crippen LogP contribution in [-0.2, 0) is 25.5 Å². The van der Waals surface area contributed by atoms with Gasteiger partial charge in [-0.1, -0.05) is 13.3 Å². The Morgan fingerprint density at radius 3 is 2.92 bits per heavy atom. The van der Waals surface area contributed by atoms with Gasteiger partial charge in [-0.2, -0.15) is 0 Å². The zero-order valence-electron chi connectivity index (χ0n) is 13.9. The predicted molar refractivity (Wildman–Crippen MR) is 84.2 cm³/mol. The molecule has 130 valence electrons. The molecule has 1 N–H and O–H groups in total. The van der Waals surface area contributed by atoms with E-state index < -0.39 is 30.3 Å². The van der Waals surface area contributed by atoms with Crippen molar-refractivity contribution in [2.24, 2.45) is 0 Å². The molecule has 0 unspecified atom stereocenters. The molecule has 0 saturated heterocycles. The number of carbonyl (C=O) groups excluding carboxylic acids is 2. The molecular formula is C18H22O6. The third-order valence-corrected chi connectivity index (χ3v) is 4.70. The Morgan fingerprint density at radius 1 is 1.42 bits per heavy atom. The van der Waals surface area contributed by atoms with Crippen LogP contribution in [0.1, 0.15) is 50.2 Å². The molecule has 0 saturated carbocycles. The highest BCUT2D eigenvalue weighted by Gasteiger charge is 2.39. The lowest BCUT2D eigenvalue weighted by atomic mass is 9.85. The Labute approximate surface area is 140 Å². The van der Waals surface area contributed by atoms with Gasteiger partial charge < -0.3 is 19.0 Å². The predicted octanol–water partition coefficient (Wildman–Crippen LogP) is 2.25. The van der Waals surface area contributed by atoms with Crippen LogP contribution >= 0.6 is 0 Å². The Balaban J connectivity index is 2.02. The molecule has 2 aliphatic rings. The first-order valence-electron chi connectivity index (χ1n) is 8.31. The molecule has 1 aromatic rings. The summed E-state index contributed by atoms with van der Waals surface area (Å²) in [6.45, 7) is 3.36. The van der Waals surface area contributed by atoms with Crippen LogP contribution in [0, 0.1) is 0 Å². The number of carbonyl (C=O) groups is 2. The van der Waals surface area contributed by atoms with Crippen molar-refractivity contribution >= 4 is 11.9 Å². The summed E-state index contributed by atoms with van der Waals surface area (Å²) in [6, 6.07) is 0. The highest BCUT2D eigenvalue weighted by molar-refractivity contribution is 5.86. The molecule has 1 aromatic heterocycles. The summed E-state index contributed by atoms with van der Waals surface area (Å²) in [5, 5.41) is 10.9. The van der Waals surface area contributed by atoms with Gasteiger partial charge in [0, 0.05) is 31.8 Å². The number of esters is 2. The van der Waals surface area contributed by atoms with E-state index in [2.05, 4.69) is 0 Å². The molecule has 1 aliphatic heterocycles. The number of hydrogen-bond acceptors (Lipinski definition) is 6. The lowest BCUT2D eigenvalue weighted by molar-refractivity contribution is -0.156. The molecule has 0 bridgehead atoms. The van der Waals surface area contributed by atoms with Crippen LogP contribution in [0.25, 0.3) is 0 Å². The zero-order valence-corrected chi connectivity index (χ0v) is 13.9. The van der Waals surface area contributed by atoms with Crippen LogP contribution in [-0.4, -0.2) is 35.4 Å². The second-order valence-electron chi connectivity index (χ2n) is 6.44. The summed E-state index contributed by atoms with van der Waals surface area (Å²) in [5.41, 5.74) is 2.66. The van der Waals surface area contributed by atoms with Crippen molar-refractivity contribution in [2.45, 2.75) is 63.8 Å². The van der Waals surface area contributed by atoms with Gasteiger partial charge >= 0.3 is 11.9 Å². The first-order valence-corrected chi connectivity index (χ1v) is 8.31. The minimum Gasteiger partial charge on any atom is -0.472 e. The van der Waals surface area contributed by atoms with E-state index >= 15 is 0 Å². The fraction of sp³-hybridized carbons (Fsp3) is 0.556. The number of aliphatic hydroxyl groups excluding tert-OH is 1. The maximum atomic E-state index is 11.7. The molecule has 0 aromatic carbocycles. The van der Waals surface area contributed by atoms with Crippen molar-refractivity contribution in [1.29, 1.82) is 0 Å². The number of hydrogen-bond donors (Lipinski definition) is 1. The van der Waals surface area contributed by atoms with E-state index in [1.54, 1.807) is 12.5 Å². The Kier molecular flexibility index (Phi) is 4.76. The summed E-state index contributed by atoms with van der Waals surface area (Å²) in [5.74, 6) is -1.05. The van der Waals surface area contributed by atoms with Crippen molar-refractivity contribution in [3.63, 3.8) is 0 Å². The normalized spacial score (nSPS) is 29.5. The Hall–Kier alpha value is -2.08. The van der Waals surface area contributed by atoms with Gasteiger partial charge in [0.25, 0.3) is 0 Å². The first-order chi connectivity index (χ1) is 11.5. The van der Waals surface area contributed by atoms with E-state index in [1.165, 1.54) is 13.0 Å². The highest BCUT2D eigenvalue weighted by Crippen LogP contribution is 2.37. The number of rotatable bonds is 3. The quantitative estimate of drug-likeness (QED) is 0.853. The van der Waals surface area contributed by atoms with Crippen LogP contribution in [0.4, 0.5) is 0 Å². The van der Waals surface area contributed by atoms with Crippen LogP contribution in [0.5, 0.6) is 0 Å². The standard InChI is InChI=1S/C18H22O6/c1-3-4-13-14-9-22-8-12(14)5-11-6-17(20)24-15(11)7-16(18(13)21)23-10(2)19/h6,8-9,13,15-16,18,21H,3-5,7H2,1-2H3/t13-,15+,16+,18-/m0/s1. The van der Waals surface area contributed by atoms with Crippen LogP contribution in [0.2, 0.25) is 0 Å². The van der Waals surface area contributed by atoms with Crippen LogP contribution < -0.4 is 0 Å². The number of furan rings is 1. The van der Waals surface area contributed by atoms with Gasteiger partial charge in [0.05, 0.1) is 18.6 Å². The SMILES string of the molecule is CCC[C@H]1c2cocc2CC2=CC(=O)O[C@@H]2C[C@@H](OC(C)=O)[C@H]1O. The maximum Gasteiger partial charge on any atom is 0.331 e. The monoisotopic (exact) mass is 334 g/mol. The minimum atomic E-state index is -0.885. The van der Waals surface area contributed by atoms with E-state index in [-0.39, 0.29) is 12.3 Å². The van der Waals surface area contributed by atoms with Gasteiger partial charge in [0.15, 0.2) is 0 Å². The van der Waals surface area contributed by atoms with E-state index in [1.807, 2.05) is 6.92 Å². The van der Waals surface area contributed by atoms with Gasteiger partial charge in [-0.3, -0.25) is 4.79 Å². The molecule has 4 atom stereocenters. The smallest absolute Gasteiger partial charge is 0.331 e. The molecule has 6 nitrogen and oxygen atoms in total. The molecule has 0 fully saturated rings. The molecule has 0 radical (unpaired) electrons. The second-order valence-corrected chi connectivity index (χ2v) is 6.44. The molecular weight excluding hydrogens is 312 g/mol. The number of ether oxygens (including phenoxy) is 2. The van der Waals surface area contributed by atoms with E-state index in [9.17, 15) is 14.7 Å². The van der Waals surface area contributed by atoms with Gasteiger partial charge in [0.2, 0.25) is 0 Å². The summed E-state index contributed by atoms with van der Waals surface area (Å²) < 4.78 is 16.1. The third-order valence-electron chi connectivity index (χ3n) is 4.70. The lowest BCUT2D eigenvalue weighted by Gasteiger charge is -2.29. The van der Waals surface area contributed by atoms with Gasteiger partial charge in [-0.15, -0.1) is 0 Å². The van der Waals surface area contributed by atoms with Gasteiger partial charge in [-0.25, -0.2) is 4.79 Å². The summed E-state index contributed by atoms with van der Waals surface area (Å²) in [7, 11) is 0. The molecule has 1 aliphatic carbocycles. The molecule has 0 spiro atoms. The number of fused-ring (bicyclic) bond motifs is 2. The van der Waals surface area contributed by atoms with Crippen molar-refractivity contribution < 1.29 is 28.6 Å². The van der Waals surface area contributed by atoms with E-state index in [4.69, 9.17) is 13.9 Å². The maximum absolute atomic E-state index is 11.7. The fourth-order valence-electron chi connectivity index (χ4n) is 3.64. The lowest BCUT2D eigenvalue weighted by Crippen LogP contribution is -2.38. The van der Waals surface area contributed by atoms with Crippen LogP contribution in [0.3, 0.4) is 0 Å². The van der Waals surface area contributed by atoms with Crippen molar-refractivity contribution in [3.05, 3.63) is 35.3 Å². The largest absolute Gasteiger partial charge is 0.472 e. The minimum absolute atomic E-state index is 0.191. The van der Waals surface area contributed by atoms with Crippen molar-refractivity contribution in [3.8, 4) is 0 Å². The molecule has 2 heterocycles. The Bertz CT molecular complexity index is 658. The van der Waals surface area contributed by atoms with Gasteiger partial charge in [-0.05, 0) is 23.1 Å². The summed E-state index contributed by atoms with van der Waals surface area (Å²) in [4.78, 5) is 23.1. The topological polar surface area (TPSA) is 86.0 Å². The Morgan fingerprint density at radius 2 is 2.21 bits per heavy atom.